The van der Waals surface area contributed by atoms with Gasteiger partial charge in [0.05, 0.1) is 11.9 Å². The maximum Gasteiger partial charge on any atom is 0.236 e. The van der Waals surface area contributed by atoms with Gasteiger partial charge >= 0.3 is 0 Å². The SMILES string of the molecule is CSCc1nc(-c2ccc(F)cn2)no1. The number of thioether (sulfide) groups is 1. The molecule has 0 unspecified atom stereocenters. The minimum Gasteiger partial charge on any atom is -0.338 e. The lowest BCUT2D eigenvalue weighted by molar-refractivity contribution is 0.391. The molecule has 0 bridgehead atoms. The number of nitrogens with zero attached hydrogens (tertiary/aromatic N) is 3. The molecular formula is C9H8FN3OS. The second-order valence-electron chi connectivity index (χ2n) is 2.81. The van der Waals surface area contributed by atoms with Crippen LogP contribution in [0.25, 0.3) is 11.5 Å². The molecular weight excluding hydrogens is 217 g/mol. The normalized spacial score (nSPS) is 10.5. The maximum absolute atomic E-state index is 12.6. The summed E-state index contributed by atoms with van der Waals surface area (Å²) in [6, 6.07) is 2.83. The number of aromatic nitrogens is 3. The first-order valence-electron chi connectivity index (χ1n) is 4.23. The van der Waals surface area contributed by atoms with Crippen molar-refractivity contribution in [1.29, 1.82) is 0 Å². The van der Waals surface area contributed by atoms with Crippen molar-refractivity contribution in [2.24, 2.45) is 0 Å². The van der Waals surface area contributed by atoms with Crippen LogP contribution >= 0.6 is 11.8 Å². The van der Waals surface area contributed by atoms with Gasteiger partial charge in [-0.1, -0.05) is 5.16 Å². The Labute approximate surface area is 89.9 Å². The van der Waals surface area contributed by atoms with E-state index in [4.69, 9.17) is 4.52 Å². The van der Waals surface area contributed by atoms with E-state index in [2.05, 4.69) is 15.1 Å². The van der Waals surface area contributed by atoms with Gasteiger partial charge in [-0.15, -0.1) is 0 Å². The summed E-state index contributed by atoms with van der Waals surface area (Å²) in [6.07, 6.45) is 3.07. The molecule has 78 valence electrons. The Balaban J connectivity index is 2.25. The van der Waals surface area contributed by atoms with Gasteiger partial charge in [0.1, 0.15) is 11.5 Å². The van der Waals surface area contributed by atoms with E-state index in [9.17, 15) is 4.39 Å². The summed E-state index contributed by atoms with van der Waals surface area (Å²) in [5, 5.41) is 3.75. The van der Waals surface area contributed by atoms with Crippen molar-refractivity contribution in [2.45, 2.75) is 5.75 Å². The van der Waals surface area contributed by atoms with Crippen LogP contribution in [0.5, 0.6) is 0 Å². The Hall–Kier alpha value is -1.43. The van der Waals surface area contributed by atoms with Crippen molar-refractivity contribution >= 4 is 11.8 Å². The number of pyridine rings is 1. The average Bonchev–Trinajstić information content (AvgIpc) is 2.68. The average molecular weight is 225 g/mol. The Bertz CT molecular complexity index is 443. The predicted octanol–water partition coefficient (Wildman–Crippen LogP) is 2.13. The fraction of sp³-hybridized carbons (Fsp3) is 0.222. The van der Waals surface area contributed by atoms with E-state index < -0.39 is 0 Å². The van der Waals surface area contributed by atoms with Gasteiger partial charge < -0.3 is 4.52 Å². The summed E-state index contributed by atoms with van der Waals surface area (Å²) in [4.78, 5) is 7.97. The van der Waals surface area contributed by atoms with E-state index in [1.165, 1.54) is 12.1 Å². The number of hydrogen-bond donors (Lipinski definition) is 0. The lowest BCUT2D eigenvalue weighted by Gasteiger charge is -1.91. The summed E-state index contributed by atoms with van der Waals surface area (Å²) in [5.74, 6) is 1.21. The summed E-state index contributed by atoms with van der Waals surface area (Å²) in [5.41, 5.74) is 0.507. The van der Waals surface area contributed by atoms with Crippen molar-refractivity contribution < 1.29 is 8.91 Å². The van der Waals surface area contributed by atoms with Gasteiger partial charge in [-0.3, -0.25) is 0 Å². The zero-order valence-corrected chi connectivity index (χ0v) is 8.79. The summed E-state index contributed by atoms with van der Waals surface area (Å²) < 4.78 is 17.6. The Morgan fingerprint density at radius 2 is 2.33 bits per heavy atom. The van der Waals surface area contributed by atoms with Crippen molar-refractivity contribution in [2.75, 3.05) is 6.26 Å². The molecule has 0 radical (unpaired) electrons. The van der Waals surface area contributed by atoms with Gasteiger partial charge in [0.25, 0.3) is 0 Å². The molecule has 15 heavy (non-hydrogen) atoms. The van der Waals surface area contributed by atoms with E-state index in [1.54, 1.807) is 11.8 Å². The Kier molecular flexibility index (Phi) is 2.96. The van der Waals surface area contributed by atoms with Crippen LogP contribution in [-0.4, -0.2) is 21.4 Å². The standard InChI is InChI=1S/C9H8FN3OS/c1-15-5-8-12-9(13-14-8)7-3-2-6(10)4-11-7/h2-4H,5H2,1H3. The minimum atomic E-state index is -0.383. The number of hydrogen-bond acceptors (Lipinski definition) is 5. The highest BCUT2D eigenvalue weighted by atomic mass is 32.2. The molecule has 0 aliphatic carbocycles. The molecule has 0 fully saturated rings. The third kappa shape index (κ3) is 2.33. The van der Waals surface area contributed by atoms with Gasteiger partial charge in [-0.25, -0.2) is 9.37 Å². The van der Waals surface area contributed by atoms with E-state index in [1.807, 2.05) is 6.26 Å². The molecule has 0 spiro atoms. The second kappa shape index (κ2) is 4.39. The highest BCUT2D eigenvalue weighted by molar-refractivity contribution is 7.97. The summed E-state index contributed by atoms with van der Waals surface area (Å²) in [7, 11) is 0. The molecule has 2 rings (SSSR count). The van der Waals surface area contributed by atoms with Crippen LogP contribution in [0, 0.1) is 5.82 Å². The molecule has 0 aliphatic rings. The van der Waals surface area contributed by atoms with Gasteiger partial charge in [0, 0.05) is 0 Å². The molecule has 4 nitrogen and oxygen atoms in total. The zero-order valence-electron chi connectivity index (χ0n) is 7.98. The molecule has 0 atom stereocenters. The van der Waals surface area contributed by atoms with Crippen molar-refractivity contribution in [1.82, 2.24) is 15.1 Å². The number of halogens is 1. The highest BCUT2D eigenvalue weighted by Crippen LogP contribution is 2.14. The van der Waals surface area contributed by atoms with Gasteiger partial charge in [0.2, 0.25) is 11.7 Å². The molecule has 2 aromatic heterocycles. The monoisotopic (exact) mass is 225 g/mol. The van der Waals surface area contributed by atoms with E-state index in [-0.39, 0.29) is 5.82 Å². The largest absolute Gasteiger partial charge is 0.338 e. The van der Waals surface area contributed by atoms with Crippen LogP contribution in [0.1, 0.15) is 5.89 Å². The van der Waals surface area contributed by atoms with Crippen molar-refractivity contribution in [3.63, 3.8) is 0 Å². The molecule has 0 saturated carbocycles. The van der Waals surface area contributed by atoms with Gasteiger partial charge in [-0.05, 0) is 18.4 Å². The number of rotatable bonds is 3. The maximum atomic E-state index is 12.6. The third-order valence-electron chi connectivity index (χ3n) is 1.69. The molecule has 0 N–H and O–H groups in total. The van der Waals surface area contributed by atoms with Crippen LogP contribution in [0.4, 0.5) is 4.39 Å². The molecule has 2 heterocycles. The molecule has 0 saturated heterocycles. The third-order valence-corrected chi connectivity index (χ3v) is 2.23. The van der Waals surface area contributed by atoms with Crippen LogP contribution in [-0.2, 0) is 5.75 Å². The van der Waals surface area contributed by atoms with Crippen LogP contribution in [0.3, 0.4) is 0 Å². The molecule has 0 amide bonds. The quantitative estimate of drug-likeness (QED) is 0.801. The summed E-state index contributed by atoms with van der Waals surface area (Å²) in [6.45, 7) is 0. The zero-order chi connectivity index (χ0) is 10.7. The molecule has 0 aliphatic heterocycles. The van der Waals surface area contributed by atoms with Crippen LogP contribution in [0.2, 0.25) is 0 Å². The minimum absolute atomic E-state index is 0.383. The summed E-state index contributed by atoms with van der Waals surface area (Å²) >= 11 is 1.59. The van der Waals surface area contributed by atoms with E-state index >= 15 is 0 Å². The lowest BCUT2D eigenvalue weighted by atomic mass is 10.3. The van der Waals surface area contributed by atoms with Gasteiger partial charge in [-0.2, -0.15) is 16.7 Å². The second-order valence-corrected chi connectivity index (χ2v) is 3.67. The first kappa shape index (κ1) is 10.1. The first-order valence-corrected chi connectivity index (χ1v) is 5.62. The molecule has 0 aromatic carbocycles. The lowest BCUT2D eigenvalue weighted by Crippen LogP contribution is -1.87. The first-order chi connectivity index (χ1) is 7.29. The van der Waals surface area contributed by atoms with E-state index in [0.717, 1.165) is 6.20 Å². The molecule has 6 heteroatoms. The van der Waals surface area contributed by atoms with Crippen LogP contribution < -0.4 is 0 Å². The fourth-order valence-electron chi connectivity index (χ4n) is 1.05. The van der Waals surface area contributed by atoms with Crippen molar-refractivity contribution in [3.05, 3.63) is 30.0 Å². The highest BCUT2D eigenvalue weighted by Gasteiger charge is 2.08. The topological polar surface area (TPSA) is 51.8 Å². The smallest absolute Gasteiger partial charge is 0.236 e. The fourth-order valence-corrected chi connectivity index (χ4v) is 1.41. The van der Waals surface area contributed by atoms with Crippen LogP contribution in [0.15, 0.2) is 22.9 Å². The predicted molar refractivity (Wildman–Crippen MR) is 54.7 cm³/mol. The van der Waals surface area contributed by atoms with Gasteiger partial charge in [0.15, 0.2) is 0 Å². The molecule has 2 aromatic rings. The van der Waals surface area contributed by atoms with E-state index in [0.29, 0.717) is 23.2 Å². The Morgan fingerprint density at radius 3 is 3.00 bits per heavy atom. The van der Waals surface area contributed by atoms with Crippen molar-refractivity contribution in [3.8, 4) is 11.5 Å². The Morgan fingerprint density at radius 1 is 1.47 bits per heavy atom.